The number of aliphatic hydroxyl groups is 1. The van der Waals surface area contributed by atoms with Crippen molar-refractivity contribution in [3.05, 3.63) is 122 Å². The molecule has 0 amide bonds. The van der Waals surface area contributed by atoms with Crippen LogP contribution in [0, 0.1) is 0 Å². The molecule has 2 unspecified atom stereocenters. The van der Waals surface area contributed by atoms with Gasteiger partial charge in [-0.25, -0.2) is 9.13 Å². The van der Waals surface area contributed by atoms with Gasteiger partial charge in [0.1, 0.15) is 37.7 Å². The summed E-state index contributed by atoms with van der Waals surface area (Å²) >= 11 is 21.9. The Hall–Kier alpha value is -1.38. The summed E-state index contributed by atoms with van der Waals surface area (Å²) in [6, 6.07) is 20.7. The first-order chi connectivity index (χ1) is 16.4. The van der Waals surface area contributed by atoms with Gasteiger partial charge >= 0.3 is 0 Å². The molecule has 9 heteroatoms. The molecule has 0 aliphatic carbocycles. The Morgan fingerprint density at radius 2 is 1.57 bits per heavy atom. The van der Waals surface area contributed by atoms with Crippen LogP contribution in [0.25, 0.3) is 0 Å². The first-order valence-electron chi connectivity index (χ1n) is 10.7. The lowest BCUT2D eigenvalue weighted by atomic mass is 10.1. The number of hydrogen-bond donors (Lipinski definition) is 1. The van der Waals surface area contributed by atoms with E-state index in [1.165, 1.54) is 0 Å². The van der Waals surface area contributed by atoms with Crippen LogP contribution in [0.2, 0.25) is 15.1 Å². The summed E-state index contributed by atoms with van der Waals surface area (Å²) in [6.45, 7) is 1.36. The van der Waals surface area contributed by atoms with Gasteiger partial charge in [0.15, 0.2) is 0 Å². The Morgan fingerprint density at radius 3 is 2.26 bits per heavy atom. The largest absolute Gasteiger partial charge is 1.00 e. The highest BCUT2D eigenvalue weighted by Crippen LogP contribution is 2.27. The fourth-order valence-electron chi connectivity index (χ4n) is 3.60. The van der Waals surface area contributed by atoms with Crippen molar-refractivity contribution in [3.8, 4) is 0 Å². The number of hydrogen-bond acceptors (Lipinski definition) is 2. The number of rotatable bonds is 9. The zero-order valence-electron chi connectivity index (χ0n) is 18.5. The predicted molar refractivity (Wildman–Crippen MR) is 139 cm³/mol. The molecule has 0 aliphatic rings. The van der Waals surface area contributed by atoms with Crippen molar-refractivity contribution in [3.63, 3.8) is 0 Å². The van der Waals surface area contributed by atoms with Gasteiger partial charge in [-0.2, -0.15) is 0 Å². The number of benzene rings is 3. The molecule has 0 aliphatic heterocycles. The molecule has 3 aromatic carbocycles. The molecule has 1 heterocycles. The smallest absolute Gasteiger partial charge is 0.243 e. The van der Waals surface area contributed by atoms with Crippen LogP contribution in [-0.4, -0.2) is 9.67 Å². The molecule has 0 fully saturated rings. The minimum Gasteiger partial charge on any atom is -1.00 e. The van der Waals surface area contributed by atoms with Crippen molar-refractivity contribution in [1.29, 1.82) is 0 Å². The second-order valence-electron chi connectivity index (χ2n) is 7.96. The highest BCUT2D eigenvalue weighted by molar-refractivity contribution is 9.10. The van der Waals surface area contributed by atoms with E-state index in [0.717, 1.165) is 21.2 Å². The Bertz CT molecular complexity index is 1230. The first kappa shape index (κ1) is 28.2. The van der Waals surface area contributed by atoms with Crippen LogP contribution in [0.15, 0.2) is 89.9 Å². The zero-order valence-corrected chi connectivity index (χ0v) is 23.9. The van der Waals surface area contributed by atoms with Crippen molar-refractivity contribution >= 4 is 50.7 Å². The van der Waals surface area contributed by atoms with E-state index in [0.29, 0.717) is 34.8 Å². The molecule has 2 atom stereocenters. The zero-order chi connectivity index (χ0) is 24.1. The number of aromatic nitrogens is 2. The Morgan fingerprint density at radius 1 is 0.914 bits per heavy atom. The third-order valence-corrected chi connectivity index (χ3v) is 6.83. The summed E-state index contributed by atoms with van der Waals surface area (Å²) in [4.78, 5) is 0. The van der Waals surface area contributed by atoms with Crippen molar-refractivity contribution in [1.82, 2.24) is 4.57 Å². The van der Waals surface area contributed by atoms with Crippen molar-refractivity contribution < 1.29 is 31.4 Å². The molecule has 0 saturated carbocycles. The molecule has 4 rings (SSSR count). The van der Waals surface area contributed by atoms with Gasteiger partial charge in [-0.15, -0.1) is 0 Å². The minimum atomic E-state index is -0.607. The van der Waals surface area contributed by atoms with E-state index < -0.39 is 6.10 Å². The van der Waals surface area contributed by atoms with Crippen LogP contribution in [0.4, 0.5) is 0 Å². The van der Waals surface area contributed by atoms with Crippen LogP contribution in [0.1, 0.15) is 28.9 Å². The maximum absolute atomic E-state index is 10.6. The molecular formula is C26H23Br2Cl3N2O2. The fraction of sp³-hybridized carbons (Fsp3) is 0.192. The van der Waals surface area contributed by atoms with E-state index in [2.05, 4.69) is 15.9 Å². The van der Waals surface area contributed by atoms with Crippen LogP contribution >= 0.6 is 50.7 Å². The maximum Gasteiger partial charge on any atom is 0.243 e. The standard InChI is InChI=1S/C26H23BrCl3N2O2.BrH/c27-21-6-1-18(2-7-21)25(33)14-31-11-12-32(17-31)15-26(19-3-8-22(28)9-4-19)34-16-20-5-10-23(29)13-24(20)30;/h1-13,17,25-26,33H,14-16H2;1H/q+1;/p-1. The topological polar surface area (TPSA) is 38.3 Å². The quantitative estimate of drug-likeness (QED) is 0.274. The summed E-state index contributed by atoms with van der Waals surface area (Å²) < 4.78 is 11.3. The average Bonchev–Trinajstić information content (AvgIpc) is 3.25. The molecule has 0 bridgehead atoms. The van der Waals surface area contributed by atoms with Crippen LogP contribution in [0.5, 0.6) is 0 Å². The normalized spacial score (nSPS) is 12.7. The van der Waals surface area contributed by atoms with Gasteiger partial charge in [-0.1, -0.05) is 81.1 Å². The monoisotopic (exact) mass is 658 g/mol. The number of ether oxygens (including phenoxy) is 1. The lowest BCUT2D eigenvalue weighted by Crippen LogP contribution is -3.00. The highest BCUT2D eigenvalue weighted by atomic mass is 79.9. The lowest BCUT2D eigenvalue weighted by molar-refractivity contribution is -0.704. The number of halogens is 5. The van der Waals surface area contributed by atoms with Gasteiger partial charge in [-0.3, -0.25) is 0 Å². The summed E-state index contributed by atoms with van der Waals surface area (Å²) in [6.07, 6.45) is 5.03. The van der Waals surface area contributed by atoms with Crippen LogP contribution in [-0.2, 0) is 24.4 Å². The highest BCUT2D eigenvalue weighted by Gasteiger charge is 2.19. The van der Waals surface area contributed by atoms with E-state index in [4.69, 9.17) is 39.5 Å². The Labute approximate surface area is 238 Å². The minimum absolute atomic E-state index is 0. The number of imidazole rings is 1. The van der Waals surface area contributed by atoms with Gasteiger partial charge in [0, 0.05) is 19.5 Å². The van der Waals surface area contributed by atoms with E-state index in [1.807, 2.05) is 82.5 Å². The Kier molecular flexibility index (Phi) is 10.7. The molecule has 0 spiro atoms. The summed E-state index contributed by atoms with van der Waals surface area (Å²) in [5.41, 5.74) is 2.74. The van der Waals surface area contributed by atoms with Gasteiger partial charge in [0.2, 0.25) is 6.33 Å². The SMILES string of the molecule is OC(C[n+]1ccn(CC(OCc2ccc(Cl)cc2Cl)c2ccc(Cl)cc2)c1)c1ccc(Br)cc1.[Br-]. The molecular weight excluding hydrogens is 638 g/mol. The molecule has 184 valence electrons. The van der Waals surface area contributed by atoms with Crippen LogP contribution < -0.4 is 21.5 Å². The predicted octanol–water partition coefficient (Wildman–Crippen LogP) is 4.19. The average molecular weight is 662 g/mol. The lowest BCUT2D eigenvalue weighted by Gasteiger charge is -2.17. The second kappa shape index (κ2) is 13.2. The third kappa shape index (κ3) is 8.05. The fourth-order valence-corrected chi connectivity index (χ4v) is 4.45. The third-order valence-electron chi connectivity index (χ3n) is 5.46. The molecule has 35 heavy (non-hydrogen) atoms. The van der Waals surface area contributed by atoms with Gasteiger partial charge in [-0.05, 0) is 53.1 Å². The maximum atomic E-state index is 10.6. The Balaban J connectivity index is 0.00000342. The van der Waals surface area contributed by atoms with Crippen molar-refractivity contribution in [2.45, 2.75) is 31.9 Å². The second-order valence-corrected chi connectivity index (χ2v) is 10.2. The van der Waals surface area contributed by atoms with E-state index >= 15 is 0 Å². The van der Waals surface area contributed by atoms with Crippen molar-refractivity contribution in [2.24, 2.45) is 0 Å². The van der Waals surface area contributed by atoms with E-state index in [1.54, 1.807) is 12.1 Å². The summed E-state index contributed by atoms with van der Waals surface area (Å²) in [5.74, 6) is 0. The first-order valence-corrected chi connectivity index (χ1v) is 12.6. The van der Waals surface area contributed by atoms with Crippen LogP contribution in [0.3, 0.4) is 0 Å². The summed E-state index contributed by atoms with van der Waals surface area (Å²) in [7, 11) is 0. The van der Waals surface area contributed by atoms with Gasteiger partial charge in [0.05, 0.1) is 6.61 Å². The molecule has 4 nitrogen and oxygen atoms in total. The number of nitrogens with zero attached hydrogens (tertiary/aromatic N) is 2. The molecule has 0 saturated heterocycles. The van der Waals surface area contributed by atoms with Gasteiger partial charge < -0.3 is 26.8 Å². The number of aliphatic hydroxyl groups excluding tert-OH is 1. The molecule has 4 aromatic rings. The van der Waals surface area contributed by atoms with E-state index in [-0.39, 0.29) is 23.1 Å². The van der Waals surface area contributed by atoms with E-state index in [9.17, 15) is 5.11 Å². The molecule has 0 radical (unpaired) electrons. The van der Waals surface area contributed by atoms with Gasteiger partial charge in [0.25, 0.3) is 0 Å². The molecule has 1 N–H and O–H groups in total. The molecule has 1 aromatic heterocycles. The van der Waals surface area contributed by atoms with Crippen molar-refractivity contribution in [2.75, 3.05) is 0 Å². The summed E-state index contributed by atoms with van der Waals surface area (Å²) in [5, 5.41) is 12.4.